The summed E-state index contributed by atoms with van der Waals surface area (Å²) in [4.78, 5) is 23.5. The van der Waals surface area contributed by atoms with Crippen molar-refractivity contribution in [1.82, 2.24) is 0 Å². The molecule has 0 heterocycles. The van der Waals surface area contributed by atoms with Crippen LogP contribution in [0.4, 0.5) is 8.78 Å². The molecule has 1 atom stereocenters. The summed E-state index contributed by atoms with van der Waals surface area (Å²) in [6, 6.07) is 5.59. The molecule has 0 amide bonds. The number of hydrogen-bond acceptors (Lipinski definition) is 7. The molecule has 0 radical (unpaired) electrons. The smallest absolute Gasteiger partial charge is 0.405 e. The molecule has 0 bridgehead atoms. The lowest BCUT2D eigenvalue weighted by Gasteiger charge is -2.21. The molecule has 0 aliphatic rings. The maximum absolute atomic E-state index is 13.3. The van der Waals surface area contributed by atoms with Gasteiger partial charge in [-0.2, -0.15) is 17.2 Å². The third-order valence-corrected chi connectivity index (χ3v) is 4.97. The lowest BCUT2D eigenvalue weighted by molar-refractivity contribution is -0.161. The van der Waals surface area contributed by atoms with E-state index in [4.69, 9.17) is 14.0 Å². The molecule has 0 fully saturated rings. The number of ether oxygens (including phenoxy) is 3. The largest absolute Gasteiger partial charge is 0.482 e. The van der Waals surface area contributed by atoms with Crippen molar-refractivity contribution >= 4 is 22.1 Å². The molecule has 8 nitrogen and oxygen atoms in total. The van der Waals surface area contributed by atoms with Gasteiger partial charge in [0.1, 0.15) is 11.5 Å². The van der Waals surface area contributed by atoms with Gasteiger partial charge in [-0.15, -0.1) is 0 Å². The van der Waals surface area contributed by atoms with Crippen molar-refractivity contribution in [3.63, 3.8) is 0 Å². The summed E-state index contributed by atoms with van der Waals surface area (Å²) < 4.78 is 70.8. The van der Waals surface area contributed by atoms with Crippen LogP contribution in [-0.4, -0.2) is 42.9 Å². The average Bonchev–Trinajstić information content (AvgIpc) is 2.59. The molecule has 158 valence electrons. The second kappa shape index (κ2) is 8.82. The first-order chi connectivity index (χ1) is 12.7. The first-order valence-corrected chi connectivity index (χ1v) is 9.64. The number of carbonyl (C=O) groups is 2. The van der Waals surface area contributed by atoms with Gasteiger partial charge >= 0.3 is 27.3 Å². The van der Waals surface area contributed by atoms with Crippen molar-refractivity contribution in [1.29, 1.82) is 0 Å². The van der Waals surface area contributed by atoms with Gasteiger partial charge in [0.15, 0.2) is 12.7 Å². The predicted molar refractivity (Wildman–Crippen MR) is 93.7 cm³/mol. The predicted octanol–water partition coefficient (Wildman–Crippen LogP) is 2.82. The fraction of sp³-hybridized carbons (Fsp3) is 0.529. The molecule has 0 saturated heterocycles. The molecule has 11 heteroatoms. The van der Waals surface area contributed by atoms with Crippen molar-refractivity contribution in [2.75, 3.05) is 6.61 Å². The Labute approximate surface area is 161 Å². The third kappa shape index (κ3) is 6.13. The maximum atomic E-state index is 13.3. The Balaban J connectivity index is 2.60. The maximum Gasteiger partial charge on any atom is 0.405 e. The fourth-order valence-electron chi connectivity index (χ4n) is 1.65. The monoisotopic (exact) mass is 424 g/mol. The zero-order valence-corrected chi connectivity index (χ0v) is 16.6. The van der Waals surface area contributed by atoms with Crippen LogP contribution >= 0.6 is 0 Å². The summed E-state index contributed by atoms with van der Waals surface area (Å²) in [6.45, 7) is 5.17. The number of hydrogen-bond donors (Lipinski definition) is 1. The normalized spacial score (nSPS) is 13.5. The van der Waals surface area contributed by atoms with Crippen LogP contribution in [0.1, 0.15) is 34.1 Å². The molecule has 0 aliphatic heterocycles. The Morgan fingerprint density at radius 3 is 2.11 bits per heavy atom. The average molecular weight is 424 g/mol. The van der Waals surface area contributed by atoms with Crippen LogP contribution < -0.4 is 9.47 Å². The second-order valence-electron chi connectivity index (χ2n) is 6.56. The molecular weight excluding hydrogens is 402 g/mol. The third-order valence-electron chi connectivity index (χ3n) is 3.95. The van der Waals surface area contributed by atoms with E-state index in [-0.39, 0.29) is 11.5 Å². The van der Waals surface area contributed by atoms with Gasteiger partial charge in [0.05, 0.1) is 5.41 Å². The summed E-state index contributed by atoms with van der Waals surface area (Å²) in [5, 5.41) is -4.65. The molecule has 0 saturated carbocycles. The Morgan fingerprint density at radius 1 is 1.14 bits per heavy atom. The highest BCUT2D eigenvalue weighted by Crippen LogP contribution is 2.27. The molecule has 1 aromatic rings. The Kier molecular flexibility index (Phi) is 7.49. The highest BCUT2D eigenvalue weighted by atomic mass is 32.2. The summed E-state index contributed by atoms with van der Waals surface area (Å²) >= 11 is 0. The molecular formula is C17H22F2O8S. The Bertz CT molecular complexity index is 803. The van der Waals surface area contributed by atoms with Crippen LogP contribution in [0.2, 0.25) is 0 Å². The Morgan fingerprint density at radius 2 is 1.64 bits per heavy atom. The minimum atomic E-state index is -5.73. The van der Waals surface area contributed by atoms with Crippen LogP contribution in [0, 0.1) is 5.41 Å². The topological polar surface area (TPSA) is 116 Å². The van der Waals surface area contributed by atoms with Gasteiger partial charge in [-0.05, 0) is 51.5 Å². The van der Waals surface area contributed by atoms with Crippen molar-refractivity contribution in [2.24, 2.45) is 5.41 Å². The summed E-state index contributed by atoms with van der Waals surface area (Å²) in [7, 11) is -5.73. The number of carbonyl (C=O) groups excluding carboxylic acids is 2. The highest BCUT2D eigenvalue weighted by Gasteiger charge is 2.51. The van der Waals surface area contributed by atoms with Crippen LogP contribution in [0.25, 0.3) is 0 Å². The van der Waals surface area contributed by atoms with E-state index in [1.165, 1.54) is 24.3 Å². The van der Waals surface area contributed by atoms with Crippen LogP contribution in [0.3, 0.4) is 0 Å². The SMILES string of the molecule is CCC(C)(C)C(=O)Oc1ccc(OCC(=O)OC(C)C(F)(F)S(=O)(=O)O)cc1. The van der Waals surface area contributed by atoms with Crippen molar-refractivity contribution in [3.05, 3.63) is 24.3 Å². The van der Waals surface area contributed by atoms with E-state index in [9.17, 15) is 26.8 Å². The molecule has 1 aromatic carbocycles. The molecule has 28 heavy (non-hydrogen) atoms. The van der Waals surface area contributed by atoms with E-state index in [0.717, 1.165) is 0 Å². The van der Waals surface area contributed by atoms with E-state index in [1.54, 1.807) is 13.8 Å². The number of halogens is 2. The van der Waals surface area contributed by atoms with E-state index in [0.29, 0.717) is 13.3 Å². The summed E-state index contributed by atoms with van der Waals surface area (Å²) in [6.07, 6.45) is -1.83. The van der Waals surface area contributed by atoms with E-state index >= 15 is 0 Å². The van der Waals surface area contributed by atoms with Gasteiger partial charge in [0.2, 0.25) is 0 Å². The Hall–Kier alpha value is -2.27. The molecule has 1 N–H and O–H groups in total. The van der Waals surface area contributed by atoms with Crippen LogP contribution in [0.5, 0.6) is 11.5 Å². The fourth-order valence-corrected chi connectivity index (χ4v) is 2.11. The quantitative estimate of drug-likeness (QED) is 0.365. The molecule has 0 aliphatic carbocycles. The highest BCUT2D eigenvalue weighted by molar-refractivity contribution is 7.86. The standard InChI is InChI=1S/C17H22F2O8S/c1-5-16(3,4)15(21)27-13-8-6-12(7-9-13)25-10-14(20)26-11(2)17(18,19)28(22,23)24/h6-9,11H,5,10H2,1-4H3,(H,22,23,24). The number of alkyl halides is 2. The molecule has 0 aromatic heterocycles. The van der Waals surface area contributed by atoms with Crippen molar-refractivity contribution in [3.8, 4) is 11.5 Å². The van der Waals surface area contributed by atoms with Crippen molar-refractivity contribution < 1.29 is 45.6 Å². The van der Waals surface area contributed by atoms with Gasteiger partial charge in [-0.3, -0.25) is 9.35 Å². The minimum Gasteiger partial charge on any atom is -0.482 e. The molecule has 1 rings (SSSR count). The first-order valence-electron chi connectivity index (χ1n) is 8.20. The van der Waals surface area contributed by atoms with Gasteiger partial charge in [0, 0.05) is 0 Å². The van der Waals surface area contributed by atoms with Gasteiger partial charge in [-0.1, -0.05) is 6.92 Å². The van der Waals surface area contributed by atoms with Gasteiger partial charge < -0.3 is 14.2 Å². The van der Waals surface area contributed by atoms with E-state index < -0.39 is 45.4 Å². The van der Waals surface area contributed by atoms with Gasteiger partial charge in [-0.25, -0.2) is 4.79 Å². The lowest BCUT2D eigenvalue weighted by Crippen LogP contribution is -2.42. The minimum absolute atomic E-state index is 0.153. The first kappa shape index (κ1) is 23.8. The number of rotatable bonds is 9. The molecule has 0 spiro atoms. The number of benzene rings is 1. The summed E-state index contributed by atoms with van der Waals surface area (Å²) in [5.41, 5.74) is -0.653. The zero-order valence-electron chi connectivity index (χ0n) is 15.8. The zero-order chi connectivity index (χ0) is 21.8. The second-order valence-corrected chi connectivity index (χ2v) is 8.05. The lowest BCUT2D eigenvalue weighted by atomic mass is 9.91. The summed E-state index contributed by atoms with van der Waals surface area (Å²) in [5.74, 6) is -1.28. The number of esters is 2. The van der Waals surface area contributed by atoms with E-state index in [1.807, 2.05) is 6.92 Å². The van der Waals surface area contributed by atoms with Crippen LogP contribution in [-0.2, 0) is 24.4 Å². The van der Waals surface area contributed by atoms with Crippen LogP contribution in [0.15, 0.2) is 24.3 Å². The molecule has 1 unspecified atom stereocenters. The van der Waals surface area contributed by atoms with E-state index in [2.05, 4.69) is 4.74 Å². The van der Waals surface area contributed by atoms with Gasteiger partial charge in [0.25, 0.3) is 0 Å². The van der Waals surface area contributed by atoms with Crippen molar-refractivity contribution in [2.45, 2.75) is 45.5 Å².